The molecule has 1 aromatic heterocycles. The maximum absolute atomic E-state index is 13.2. The van der Waals surface area contributed by atoms with Gasteiger partial charge < -0.3 is 23.5 Å². The molecule has 1 fully saturated rings. The average molecular weight is 574 g/mol. The predicted molar refractivity (Wildman–Crippen MR) is 144 cm³/mol. The second-order valence-corrected chi connectivity index (χ2v) is 10.4. The van der Waals surface area contributed by atoms with Gasteiger partial charge in [0.2, 0.25) is 12.7 Å². The number of hydrogen-bond donors (Lipinski definition) is 0. The highest BCUT2D eigenvalue weighted by Crippen LogP contribution is 2.33. The van der Waals surface area contributed by atoms with Gasteiger partial charge in [-0.05, 0) is 55.2 Å². The van der Waals surface area contributed by atoms with Crippen molar-refractivity contribution in [2.24, 2.45) is 5.92 Å². The minimum absolute atomic E-state index is 0.202. The summed E-state index contributed by atoms with van der Waals surface area (Å²) in [5.74, 6) is 0.949. The standard InChI is InChI=1S/C28H29Cl2N3O6/c1-2-36-28(35)20-4-3-9-33(14-20)27(34)23-16-37-26(31-23)15-32(13-19-6-7-21(29)11-22(19)30)12-18-5-8-24-25(10-18)39-17-38-24/h5-8,10-11,16,20H,2-4,9,12-15,17H2,1H3. The number of piperidine rings is 1. The molecule has 1 unspecified atom stereocenters. The summed E-state index contributed by atoms with van der Waals surface area (Å²) in [6.07, 6.45) is 2.81. The number of carbonyl (C=O) groups is 2. The van der Waals surface area contributed by atoms with Crippen LogP contribution in [0.2, 0.25) is 10.0 Å². The first-order valence-corrected chi connectivity index (χ1v) is 13.6. The summed E-state index contributed by atoms with van der Waals surface area (Å²) in [4.78, 5) is 33.6. The van der Waals surface area contributed by atoms with Crippen LogP contribution in [0.15, 0.2) is 47.1 Å². The lowest BCUT2D eigenvalue weighted by molar-refractivity contribution is -0.149. The fourth-order valence-electron chi connectivity index (χ4n) is 4.81. The molecule has 0 radical (unpaired) electrons. The van der Waals surface area contributed by atoms with Crippen LogP contribution in [0, 0.1) is 5.92 Å². The largest absolute Gasteiger partial charge is 0.466 e. The molecule has 1 saturated heterocycles. The third-order valence-electron chi connectivity index (χ3n) is 6.71. The van der Waals surface area contributed by atoms with Gasteiger partial charge in [0, 0.05) is 36.2 Å². The van der Waals surface area contributed by atoms with E-state index in [9.17, 15) is 9.59 Å². The van der Waals surface area contributed by atoms with Crippen LogP contribution in [0.4, 0.5) is 0 Å². The summed E-state index contributed by atoms with van der Waals surface area (Å²) in [5, 5.41) is 1.12. The SMILES string of the molecule is CCOC(=O)C1CCCN(C(=O)c2coc(CN(Cc3ccc4c(c3)OCO4)Cc3ccc(Cl)cc3Cl)n2)C1. The molecule has 1 atom stereocenters. The van der Waals surface area contributed by atoms with Crippen molar-refractivity contribution in [3.05, 3.63) is 75.4 Å². The highest BCUT2D eigenvalue weighted by Gasteiger charge is 2.31. The summed E-state index contributed by atoms with van der Waals surface area (Å²) >= 11 is 12.6. The maximum Gasteiger partial charge on any atom is 0.310 e. The van der Waals surface area contributed by atoms with Gasteiger partial charge in [0.25, 0.3) is 5.91 Å². The van der Waals surface area contributed by atoms with Gasteiger partial charge >= 0.3 is 5.97 Å². The minimum atomic E-state index is -0.324. The summed E-state index contributed by atoms with van der Waals surface area (Å²) in [7, 11) is 0. The van der Waals surface area contributed by atoms with E-state index in [2.05, 4.69) is 9.88 Å². The van der Waals surface area contributed by atoms with E-state index in [4.69, 9.17) is 41.8 Å². The normalized spacial score (nSPS) is 16.5. The van der Waals surface area contributed by atoms with E-state index in [1.165, 1.54) is 6.26 Å². The molecule has 0 bridgehead atoms. The molecule has 5 rings (SSSR count). The van der Waals surface area contributed by atoms with Gasteiger partial charge in [-0.2, -0.15) is 0 Å². The van der Waals surface area contributed by atoms with Crippen LogP contribution in [0.5, 0.6) is 11.5 Å². The van der Waals surface area contributed by atoms with Crippen LogP contribution in [-0.2, 0) is 29.2 Å². The summed E-state index contributed by atoms with van der Waals surface area (Å²) < 4.78 is 21.8. The maximum atomic E-state index is 13.2. The molecule has 0 saturated carbocycles. The van der Waals surface area contributed by atoms with Crippen molar-refractivity contribution in [2.75, 3.05) is 26.5 Å². The Labute approximate surface area is 236 Å². The Morgan fingerprint density at radius 3 is 2.77 bits per heavy atom. The van der Waals surface area contributed by atoms with E-state index in [1.807, 2.05) is 24.3 Å². The molecular weight excluding hydrogens is 545 g/mol. The zero-order valence-electron chi connectivity index (χ0n) is 21.5. The monoisotopic (exact) mass is 573 g/mol. The van der Waals surface area contributed by atoms with E-state index < -0.39 is 0 Å². The van der Waals surface area contributed by atoms with Crippen molar-refractivity contribution < 1.29 is 28.2 Å². The number of carbonyl (C=O) groups excluding carboxylic acids is 2. The zero-order valence-corrected chi connectivity index (χ0v) is 23.0. The van der Waals surface area contributed by atoms with Crippen LogP contribution in [-0.4, -0.2) is 53.1 Å². The number of oxazole rings is 1. The highest BCUT2D eigenvalue weighted by molar-refractivity contribution is 6.35. The number of nitrogens with zero attached hydrogens (tertiary/aromatic N) is 3. The predicted octanol–water partition coefficient (Wildman–Crippen LogP) is 5.33. The van der Waals surface area contributed by atoms with Gasteiger partial charge in [0.15, 0.2) is 17.2 Å². The number of halogens is 2. The second-order valence-electron chi connectivity index (χ2n) is 9.54. The van der Waals surface area contributed by atoms with E-state index in [0.29, 0.717) is 73.2 Å². The number of ether oxygens (including phenoxy) is 3. The summed E-state index contributed by atoms with van der Waals surface area (Å²) in [6, 6.07) is 11.2. The van der Waals surface area contributed by atoms with Crippen molar-refractivity contribution in [1.82, 2.24) is 14.8 Å². The summed E-state index contributed by atoms with van der Waals surface area (Å²) in [6.45, 7) is 4.52. The van der Waals surface area contributed by atoms with Crippen molar-refractivity contribution in [3.8, 4) is 11.5 Å². The molecule has 0 spiro atoms. The molecule has 2 aliphatic rings. The Kier molecular flexibility index (Phi) is 8.60. The molecule has 2 aliphatic heterocycles. The van der Waals surface area contributed by atoms with Gasteiger partial charge in [-0.3, -0.25) is 14.5 Å². The Hall–Kier alpha value is -3.27. The van der Waals surface area contributed by atoms with E-state index in [1.54, 1.807) is 24.0 Å². The van der Waals surface area contributed by atoms with Crippen LogP contribution in [0.1, 0.15) is 47.3 Å². The molecule has 9 nitrogen and oxygen atoms in total. The first kappa shape index (κ1) is 27.3. The fourth-order valence-corrected chi connectivity index (χ4v) is 5.27. The molecule has 3 heterocycles. The number of aromatic nitrogens is 1. The molecule has 3 aromatic rings. The van der Waals surface area contributed by atoms with Gasteiger partial charge in [-0.15, -0.1) is 0 Å². The van der Waals surface area contributed by atoms with Crippen LogP contribution in [0.3, 0.4) is 0 Å². The van der Waals surface area contributed by atoms with Crippen molar-refractivity contribution in [3.63, 3.8) is 0 Å². The van der Waals surface area contributed by atoms with Gasteiger partial charge in [0.05, 0.1) is 19.1 Å². The van der Waals surface area contributed by atoms with Crippen LogP contribution >= 0.6 is 23.2 Å². The van der Waals surface area contributed by atoms with E-state index >= 15 is 0 Å². The first-order valence-electron chi connectivity index (χ1n) is 12.8. The topological polar surface area (TPSA) is 94.3 Å². The zero-order chi connectivity index (χ0) is 27.4. The number of benzene rings is 2. The van der Waals surface area contributed by atoms with Gasteiger partial charge in [-0.1, -0.05) is 35.3 Å². The van der Waals surface area contributed by atoms with Gasteiger partial charge in [-0.25, -0.2) is 4.98 Å². The molecule has 0 N–H and O–H groups in total. The van der Waals surface area contributed by atoms with Gasteiger partial charge in [0.1, 0.15) is 6.26 Å². The molecular formula is C28H29Cl2N3O6. The molecule has 11 heteroatoms. The first-order chi connectivity index (χ1) is 18.9. The molecule has 39 heavy (non-hydrogen) atoms. The van der Waals surface area contributed by atoms with E-state index in [0.717, 1.165) is 17.5 Å². The molecule has 0 aliphatic carbocycles. The average Bonchev–Trinajstić information content (AvgIpc) is 3.59. The van der Waals surface area contributed by atoms with Crippen molar-refractivity contribution in [2.45, 2.75) is 39.4 Å². The second kappa shape index (κ2) is 12.3. The third-order valence-corrected chi connectivity index (χ3v) is 7.30. The lowest BCUT2D eigenvalue weighted by Crippen LogP contribution is -2.43. The molecule has 1 amide bonds. The highest BCUT2D eigenvalue weighted by atomic mass is 35.5. The van der Waals surface area contributed by atoms with Crippen molar-refractivity contribution in [1.29, 1.82) is 0 Å². The molecule has 206 valence electrons. The number of likely N-dealkylation sites (tertiary alicyclic amines) is 1. The van der Waals surface area contributed by atoms with E-state index in [-0.39, 0.29) is 30.3 Å². The number of amides is 1. The number of hydrogen-bond acceptors (Lipinski definition) is 8. The Bertz CT molecular complexity index is 1350. The van der Waals surface area contributed by atoms with Crippen LogP contribution in [0.25, 0.3) is 0 Å². The lowest BCUT2D eigenvalue weighted by atomic mass is 9.98. The lowest BCUT2D eigenvalue weighted by Gasteiger charge is -2.30. The third kappa shape index (κ3) is 6.66. The minimum Gasteiger partial charge on any atom is -0.466 e. The summed E-state index contributed by atoms with van der Waals surface area (Å²) in [5.41, 5.74) is 2.11. The van der Waals surface area contributed by atoms with Crippen LogP contribution < -0.4 is 9.47 Å². The Morgan fingerprint density at radius 1 is 1.10 bits per heavy atom. The Balaban J connectivity index is 1.31. The number of esters is 1. The fraction of sp³-hybridized carbons (Fsp3) is 0.393. The molecule has 2 aromatic carbocycles. The van der Waals surface area contributed by atoms with Crippen molar-refractivity contribution >= 4 is 35.1 Å². The smallest absolute Gasteiger partial charge is 0.310 e. The Morgan fingerprint density at radius 2 is 1.95 bits per heavy atom. The number of fused-ring (bicyclic) bond motifs is 1. The quantitative estimate of drug-likeness (QED) is 0.317. The number of rotatable bonds is 9.